The van der Waals surface area contributed by atoms with Crippen LogP contribution in [0.5, 0.6) is 0 Å². The molecule has 8 heteroatoms. The van der Waals surface area contributed by atoms with Crippen molar-refractivity contribution in [2.45, 2.75) is 26.8 Å². The molecule has 0 aromatic carbocycles. The standard InChI is InChI=1S/C15H22N4O3S/c1-9-10(2)17-18(4)15(22)12(9)13(20)16-11(3)14(21)19-5-7-23-8-6-19/h11H,5-8H2,1-4H3,(H,16,20). The minimum Gasteiger partial charge on any atom is -0.340 e. The van der Waals surface area contributed by atoms with Gasteiger partial charge in [0.05, 0.1) is 5.69 Å². The Bertz CT molecular complexity index is 680. The highest BCUT2D eigenvalue weighted by atomic mass is 32.2. The van der Waals surface area contributed by atoms with Crippen LogP contribution >= 0.6 is 11.8 Å². The SMILES string of the molecule is Cc1nn(C)c(=O)c(C(=O)NC(C)C(=O)N2CCSCC2)c1C. The van der Waals surface area contributed by atoms with Crippen LogP contribution in [-0.2, 0) is 11.8 Å². The second kappa shape index (κ2) is 7.16. The Hall–Kier alpha value is -1.83. The smallest absolute Gasteiger partial charge is 0.279 e. The lowest BCUT2D eigenvalue weighted by Gasteiger charge is -2.29. The van der Waals surface area contributed by atoms with Gasteiger partial charge in [0.15, 0.2) is 0 Å². The number of carbonyl (C=O) groups is 2. The number of carbonyl (C=O) groups excluding carboxylic acids is 2. The van der Waals surface area contributed by atoms with Gasteiger partial charge >= 0.3 is 0 Å². The maximum absolute atomic E-state index is 12.5. The first-order valence-corrected chi connectivity index (χ1v) is 8.70. The Morgan fingerprint density at radius 3 is 2.48 bits per heavy atom. The van der Waals surface area contributed by atoms with Crippen molar-refractivity contribution in [1.29, 1.82) is 0 Å². The van der Waals surface area contributed by atoms with E-state index in [-0.39, 0.29) is 11.5 Å². The minimum absolute atomic E-state index is 0.0499. The van der Waals surface area contributed by atoms with E-state index in [0.717, 1.165) is 16.2 Å². The second-order valence-electron chi connectivity index (χ2n) is 5.65. The molecule has 2 rings (SSSR count). The third-order valence-corrected chi connectivity index (χ3v) is 4.94. The number of nitrogens with one attached hydrogen (secondary N) is 1. The van der Waals surface area contributed by atoms with Gasteiger partial charge in [0, 0.05) is 31.6 Å². The number of hydrogen-bond donors (Lipinski definition) is 1. The van der Waals surface area contributed by atoms with Crippen LogP contribution < -0.4 is 10.9 Å². The van der Waals surface area contributed by atoms with Crippen molar-refractivity contribution in [2.24, 2.45) is 7.05 Å². The molecule has 1 N–H and O–H groups in total. The Morgan fingerprint density at radius 1 is 1.26 bits per heavy atom. The fraction of sp³-hybridized carbons (Fsp3) is 0.600. The quantitative estimate of drug-likeness (QED) is 0.844. The molecule has 0 aliphatic carbocycles. The topological polar surface area (TPSA) is 84.3 Å². The van der Waals surface area contributed by atoms with Gasteiger partial charge in [-0.2, -0.15) is 16.9 Å². The Morgan fingerprint density at radius 2 is 1.87 bits per heavy atom. The summed E-state index contributed by atoms with van der Waals surface area (Å²) in [5.74, 6) is 1.19. The zero-order valence-electron chi connectivity index (χ0n) is 13.9. The molecule has 23 heavy (non-hydrogen) atoms. The lowest BCUT2D eigenvalue weighted by Crippen LogP contribution is -2.50. The summed E-state index contributed by atoms with van der Waals surface area (Å²) in [5, 5.41) is 6.70. The number of rotatable bonds is 3. The van der Waals surface area contributed by atoms with Gasteiger partial charge in [0.2, 0.25) is 5.91 Å². The van der Waals surface area contributed by atoms with Crippen LogP contribution in [0.15, 0.2) is 4.79 Å². The zero-order valence-corrected chi connectivity index (χ0v) is 14.7. The van der Waals surface area contributed by atoms with Gasteiger partial charge in [-0.25, -0.2) is 4.68 Å². The van der Waals surface area contributed by atoms with Crippen molar-refractivity contribution >= 4 is 23.6 Å². The van der Waals surface area contributed by atoms with Crippen LogP contribution in [0.4, 0.5) is 0 Å². The first-order valence-electron chi connectivity index (χ1n) is 7.54. The van der Waals surface area contributed by atoms with E-state index in [1.807, 2.05) is 11.8 Å². The van der Waals surface area contributed by atoms with E-state index < -0.39 is 17.5 Å². The fourth-order valence-corrected chi connectivity index (χ4v) is 3.41. The van der Waals surface area contributed by atoms with Gasteiger partial charge in [-0.15, -0.1) is 0 Å². The summed E-state index contributed by atoms with van der Waals surface area (Å²) in [7, 11) is 1.51. The molecule has 2 amide bonds. The lowest BCUT2D eigenvalue weighted by atomic mass is 10.1. The molecule has 1 aromatic rings. The van der Waals surface area contributed by atoms with Crippen molar-refractivity contribution in [3.63, 3.8) is 0 Å². The predicted molar refractivity (Wildman–Crippen MR) is 89.8 cm³/mol. The van der Waals surface area contributed by atoms with Crippen molar-refractivity contribution in [3.05, 3.63) is 27.2 Å². The minimum atomic E-state index is -0.664. The van der Waals surface area contributed by atoms with Crippen LogP contribution in [-0.4, -0.2) is 57.1 Å². The monoisotopic (exact) mass is 338 g/mol. The van der Waals surface area contributed by atoms with Gasteiger partial charge in [-0.05, 0) is 26.3 Å². The van der Waals surface area contributed by atoms with E-state index in [2.05, 4.69) is 10.4 Å². The highest BCUT2D eigenvalue weighted by Crippen LogP contribution is 2.11. The molecular weight excluding hydrogens is 316 g/mol. The Balaban J connectivity index is 2.16. The maximum atomic E-state index is 12.5. The average Bonchev–Trinajstić information content (AvgIpc) is 2.53. The number of thioether (sulfide) groups is 1. The van der Waals surface area contributed by atoms with Crippen LogP contribution in [0.3, 0.4) is 0 Å². The van der Waals surface area contributed by atoms with E-state index in [4.69, 9.17) is 0 Å². The van der Waals surface area contributed by atoms with E-state index in [1.54, 1.807) is 25.7 Å². The Labute approximate surface area is 139 Å². The van der Waals surface area contributed by atoms with E-state index in [0.29, 0.717) is 24.3 Å². The molecule has 1 atom stereocenters. The summed E-state index contributed by atoms with van der Waals surface area (Å²) in [5.41, 5.74) is 0.748. The molecule has 1 aliphatic heterocycles. The molecule has 1 fully saturated rings. The molecule has 1 aromatic heterocycles. The van der Waals surface area contributed by atoms with Crippen LogP contribution in [0.1, 0.15) is 28.5 Å². The highest BCUT2D eigenvalue weighted by Gasteiger charge is 2.26. The average molecular weight is 338 g/mol. The number of amides is 2. The Kier molecular flexibility index (Phi) is 5.46. The largest absolute Gasteiger partial charge is 0.340 e. The third-order valence-electron chi connectivity index (χ3n) is 3.99. The van der Waals surface area contributed by atoms with Crippen LogP contribution in [0.2, 0.25) is 0 Å². The van der Waals surface area contributed by atoms with Gasteiger partial charge < -0.3 is 10.2 Å². The summed E-state index contributed by atoms with van der Waals surface area (Å²) in [4.78, 5) is 38.8. The highest BCUT2D eigenvalue weighted by molar-refractivity contribution is 7.99. The van der Waals surface area contributed by atoms with Gasteiger partial charge in [-0.1, -0.05) is 0 Å². The third kappa shape index (κ3) is 3.74. The zero-order chi connectivity index (χ0) is 17.1. The van der Waals surface area contributed by atoms with Crippen molar-refractivity contribution < 1.29 is 9.59 Å². The number of hydrogen-bond acceptors (Lipinski definition) is 5. The van der Waals surface area contributed by atoms with Crippen molar-refractivity contribution in [3.8, 4) is 0 Å². The van der Waals surface area contributed by atoms with Crippen molar-refractivity contribution in [1.82, 2.24) is 20.0 Å². The van der Waals surface area contributed by atoms with E-state index in [1.165, 1.54) is 7.05 Å². The van der Waals surface area contributed by atoms with Gasteiger partial charge in [0.25, 0.3) is 11.5 Å². The molecular formula is C15H22N4O3S. The number of nitrogens with zero attached hydrogens (tertiary/aromatic N) is 3. The first-order chi connectivity index (χ1) is 10.8. The first kappa shape index (κ1) is 17.5. The van der Waals surface area contributed by atoms with Crippen molar-refractivity contribution in [2.75, 3.05) is 24.6 Å². The van der Waals surface area contributed by atoms with Crippen LogP contribution in [0.25, 0.3) is 0 Å². The summed E-state index contributed by atoms with van der Waals surface area (Å²) in [6.07, 6.45) is 0. The van der Waals surface area contributed by atoms with Gasteiger partial charge in [0.1, 0.15) is 11.6 Å². The molecule has 2 heterocycles. The molecule has 126 valence electrons. The molecule has 0 spiro atoms. The summed E-state index contributed by atoms with van der Waals surface area (Å²) in [6, 6.07) is -0.664. The number of aromatic nitrogens is 2. The lowest BCUT2D eigenvalue weighted by molar-refractivity contribution is -0.132. The van der Waals surface area contributed by atoms with Gasteiger partial charge in [-0.3, -0.25) is 14.4 Å². The van der Waals surface area contributed by atoms with E-state index >= 15 is 0 Å². The molecule has 1 saturated heterocycles. The molecule has 0 radical (unpaired) electrons. The van der Waals surface area contributed by atoms with Crippen LogP contribution in [0, 0.1) is 13.8 Å². The second-order valence-corrected chi connectivity index (χ2v) is 6.87. The predicted octanol–water partition coefficient (Wildman–Crippen LogP) is 0.0908. The normalized spacial score (nSPS) is 16.1. The summed E-state index contributed by atoms with van der Waals surface area (Å²) < 4.78 is 1.14. The molecule has 1 unspecified atom stereocenters. The molecule has 0 bridgehead atoms. The summed E-state index contributed by atoms with van der Waals surface area (Å²) >= 11 is 1.81. The molecule has 1 aliphatic rings. The molecule has 0 saturated carbocycles. The van der Waals surface area contributed by atoms with E-state index in [9.17, 15) is 14.4 Å². The fourth-order valence-electron chi connectivity index (χ4n) is 2.50. The maximum Gasteiger partial charge on any atom is 0.279 e. The summed E-state index contributed by atoms with van der Waals surface area (Å²) in [6.45, 7) is 6.46. The number of aryl methyl sites for hydroxylation is 2. The molecule has 7 nitrogen and oxygen atoms in total.